The van der Waals surface area contributed by atoms with Gasteiger partial charge in [-0.1, -0.05) is 23.2 Å². The third kappa shape index (κ3) is 2.64. The van der Waals surface area contributed by atoms with Crippen molar-refractivity contribution in [3.05, 3.63) is 16.1 Å². The van der Waals surface area contributed by atoms with Crippen molar-refractivity contribution in [3.8, 4) is 0 Å². The van der Waals surface area contributed by atoms with Crippen molar-refractivity contribution in [1.29, 1.82) is 0 Å². The number of nitrogens with zero attached hydrogens (tertiary/aromatic N) is 1. The molecule has 1 heterocycles. The SMILES string of the molecule is CC(CO)Nc1nc(N)c(Cl)cc1Cl. The molecule has 4 nitrogen and oxygen atoms in total. The molecule has 0 aromatic carbocycles. The van der Waals surface area contributed by atoms with Gasteiger partial charge in [-0.05, 0) is 13.0 Å². The standard InChI is InChI=1S/C8H11Cl2N3O/c1-4(3-14)12-8-6(10)2-5(9)7(11)13-8/h2,4,14H,3H2,1H3,(H3,11,12,13). The van der Waals surface area contributed by atoms with Gasteiger partial charge in [0.1, 0.15) is 11.6 Å². The largest absolute Gasteiger partial charge is 0.394 e. The van der Waals surface area contributed by atoms with E-state index in [1.54, 1.807) is 6.92 Å². The fourth-order valence-electron chi connectivity index (χ4n) is 0.861. The van der Waals surface area contributed by atoms with E-state index in [1.165, 1.54) is 6.07 Å². The fraction of sp³-hybridized carbons (Fsp3) is 0.375. The van der Waals surface area contributed by atoms with Crippen LogP contribution in [0.1, 0.15) is 6.92 Å². The van der Waals surface area contributed by atoms with E-state index in [4.69, 9.17) is 34.0 Å². The third-order valence-electron chi connectivity index (χ3n) is 1.61. The number of pyridine rings is 1. The van der Waals surface area contributed by atoms with Crippen LogP contribution in [0.2, 0.25) is 10.0 Å². The second kappa shape index (κ2) is 4.68. The lowest BCUT2D eigenvalue weighted by Gasteiger charge is -2.13. The van der Waals surface area contributed by atoms with Crippen molar-refractivity contribution in [2.75, 3.05) is 17.7 Å². The molecule has 78 valence electrons. The molecule has 0 spiro atoms. The number of anilines is 2. The van der Waals surface area contributed by atoms with E-state index in [0.29, 0.717) is 15.9 Å². The molecule has 1 atom stereocenters. The van der Waals surface area contributed by atoms with Gasteiger partial charge >= 0.3 is 0 Å². The maximum absolute atomic E-state index is 8.82. The monoisotopic (exact) mass is 235 g/mol. The van der Waals surface area contributed by atoms with E-state index in [1.807, 2.05) is 0 Å². The van der Waals surface area contributed by atoms with Crippen molar-refractivity contribution < 1.29 is 5.11 Å². The summed E-state index contributed by atoms with van der Waals surface area (Å²) in [6.45, 7) is 1.78. The van der Waals surface area contributed by atoms with E-state index >= 15 is 0 Å². The van der Waals surface area contributed by atoms with Gasteiger partial charge in [0.15, 0.2) is 0 Å². The Morgan fingerprint density at radius 3 is 2.79 bits per heavy atom. The minimum atomic E-state index is -0.138. The van der Waals surface area contributed by atoms with Gasteiger partial charge in [-0.3, -0.25) is 0 Å². The lowest BCUT2D eigenvalue weighted by atomic mass is 10.3. The van der Waals surface area contributed by atoms with Gasteiger partial charge in [0.2, 0.25) is 0 Å². The van der Waals surface area contributed by atoms with Crippen molar-refractivity contribution in [3.63, 3.8) is 0 Å². The Hall–Kier alpha value is -0.710. The highest BCUT2D eigenvalue weighted by Gasteiger charge is 2.08. The van der Waals surface area contributed by atoms with Crippen molar-refractivity contribution in [2.45, 2.75) is 13.0 Å². The Kier molecular flexibility index (Phi) is 3.80. The zero-order valence-electron chi connectivity index (χ0n) is 7.59. The molecule has 0 radical (unpaired) electrons. The van der Waals surface area contributed by atoms with Gasteiger partial charge in [0, 0.05) is 6.04 Å². The molecule has 0 amide bonds. The first-order chi connectivity index (χ1) is 6.54. The maximum Gasteiger partial charge on any atom is 0.147 e. The number of aliphatic hydroxyl groups is 1. The highest BCUT2D eigenvalue weighted by Crippen LogP contribution is 2.27. The minimum Gasteiger partial charge on any atom is -0.394 e. The van der Waals surface area contributed by atoms with Gasteiger partial charge in [-0.2, -0.15) is 0 Å². The van der Waals surface area contributed by atoms with Crippen LogP contribution < -0.4 is 11.1 Å². The average Bonchev–Trinajstić information content (AvgIpc) is 2.14. The lowest BCUT2D eigenvalue weighted by Crippen LogP contribution is -2.20. The number of hydrogen-bond donors (Lipinski definition) is 3. The summed E-state index contributed by atoms with van der Waals surface area (Å²) in [5.41, 5.74) is 5.50. The normalized spacial score (nSPS) is 12.6. The second-order valence-corrected chi connectivity index (χ2v) is 3.73. The molecule has 0 saturated heterocycles. The summed E-state index contributed by atoms with van der Waals surface area (Å²) in [6, 6.07) is 1.37. The molecule has 0 fully saturated rings. The number of nitrogen functional groups attached to an aromatic ring is 1. The molecule has 4 N–H and O–H groups in total. The molecule has 1 aromatic heterocycles. The van der Waals surface area contributed by atoms with E-state index in [2.05, 4.69) is 10.3 Å². The second-order valence-electron chi connectivity index (χ2n) is 2.91. The summed E-state index contributed by atoms with van der Waals surface area (Å²) in [5, 5.41) is 12.4. The van der Waals surface area contributed by atoms with Gasteiger partial charge in [0.25, 0.3) is 0 Å². The predicted molar refractivity (Wildman–Crippen MR) is 58.8 cm³/mol. The highest BCUT2D eigenvalue weighted by atomic mass is 35.5. The first-order valence-corrected chi connectivity index (χ1v) is 4.79. The lowest BCUT2D eigenvalue weighted by molar-refractivity contribution is 0.281. The molecule has 0 bridgehead atoms. The zero-order chi connectivity index (χ0) is 10.7. The Morgan fingerprint density at radius 1 is 1.57 bits per heavy atom. The maximum atomic E-state index is 8.82. The summed E-state index contributed by atoms with van der Waals surface area (Å²) >= 11 is 11.6. The number of nitrogens with one attached hydrogen (secondary N) is 1. The first-order valence-electron chi connectivity index (χ1n) is 4.03. The van der Waals surface area contributed by atoms with Crippen molar-refractivity contribution in [1.82, 2.24) is 4.98 Å². The molecule has 0 aliphatic carbocycles. The first kappa shape index (κ1) is 11.4. The van der Waals surface area contributed by atoms with Crippen LogP contribution in [0.3, 0.4) is 0 Å². The summed E-state index contributed by atoms with van der Waals surface area (Å²) in [4.78, 5) is 3.95. The average molecular weight is 236 g/mol. The molecule has 1 aromatic rings. The zero-order valence-corrected chi connectivity index (χ0v) is 9.10. The predicted octanol–water partition coefficient (Wildman–Crippen LogP) is 1.76. The van der Waals surface area contributed by atoms with E-state index in [9.17, 15) is 0 Å². The van der Waals surface area contributed by atoms with Gasteiger partial charge < -0.3 is 16.2 Å². The molecule has 14 heavy (non-hydrogen) atoms. The summed E-state index contributed by atoms with van der Waals surface area (Å²) in [6.07, 6.45) is 0. The summed E-state index contributed by atoms with van der Waals surface area (Å²) in [5.74, 6) is 0.638. The number of aliphatic hydroxyl groups excluding tert-OH is 1. The number of halogens is 2. The minimum absolute atomic E-state index is 0.0134. The van der Waals surface area contributed by atoms with Crippen LogP contribution in [-0.4, -0.2) is 22.7 Å². The molecule has 6 heteroatoms. The quantitative estimate of drug-likeness (QED) is 0.747. The Balaban J connectivity index is 2.92. The molecule has 0 saturated carbocycles. The highest BCUT2D eigenvalue weighted by molar-refractivity contribution is 6.37. The van der Waals surface area contributed by atoms with Crippen LogP contribution in [0.15, 0.2) is 6.07 Å². The van der Waals surface area contributed by atoms with Gasteiger partial charge in [-0.15, -0.1) is 0 Å². The topological polar surface area (TPSA) is 71.2 Å². The smallest absolute Gasteiger partial charge is 0.147 e. The number of nitrogens with two attached hydrogens (primary N) is 1. The summed E-state index contributed by atoms with van der Waals surface area (Å²) in [7, 11) is 0. The number of rotatable bonds is 3. The molecule has 0 aliphatic rings. The van der Waals surface area contributed by atoms with Crippen molar-refractivity contribution >= 4 is 34.8 Å². The molecule has 1 rings (SSSR count). The van der Waals surface area contributed by atoms with E-state index in [0.717, 1.165) is 0 Å². The summed E-state index contributed by atoms with van der Waals surface area (Å²) < 4.78 is 0. The molecular formula is C8H11Cl2N3O. The van der Waals surface area contributed by atoms with Crippen LogP contribution in [0.4, 0.5) is 11.6 Å². The Labute approximate surface area is 92.0 Å². The van der Waals surface area contributed by atoms with Gasteiger partial charge in [-0.25, -0.2) is 4.98 Å². The Bertz CT molecular complexity index is 333. The van der Waals surface area contributed by atoms with Gasteiger partial charge in [0.05, 0.1) is 16.7 Å². The molecule has 1 unspecified atom stereocenters. The van der Waals surface area contributed by atoms with Crippen LogP contribution in [0, 0.1) is 0 Å². The fourth-order valence-corrected chi connectivity index (χ4v) is 1.27. The number of hydrogen-bond acceptors (Lipinski definition) is 4. The number of aromatic nitrogens is 1. The molecular weight excluding hydrogens is 225 g/mol. The van der Waals surface area contributed by atoms with E-state index in [-0.39, 0.29) is 18.5 Å². The van der Waals surface area contributed by atoms with E-state index < -0.39 is 0 Å². The van der Waals surface area contributed by atoms with Crippen molar-refractivity contribution in [2.24, 2.45) is 0 Å². The van der Waals surface area contributed by atoms with Crippen LogP contribution >= 0.6 is 23.2 Å². The van der Waals surface area contributed by atoms with Crippen LogP contribution in [0.25, 0.3) is 0 Å². The van der Waals surface area contributed by atoms with Crippen LogP contribution in [-0.2, 0) is 0 Å². The van der Waals surface area contributed by atoms with Crippen LogP contribution in [0.5, 0.6) is 0 Å². The molecule has 0 aliphatic heterocycles. The third-order valence-corrected chi connectivity index (χ3v) is 2.20. The Morgan fingerprint density at radius 2 is 2.21 bits per heavy atom.